The number of benzene rings is 1. The number of hydrogen-bond acceptors (Lipinski definition) is 2. The first-order chi connectivity index (χ1) is 7.52. The van der Waals surface area contributed by atoms with Gasteiger partial charge in [-0.3, -0.25) is 0 Å². The van der Waals surface area contributed by atoms with Crippen molar-refractivity contribution in [2.45, 2.75) is 26.8 Å². The van der Waals surface area contributed by atoms with Crippen LogP contribution in [0.25, 0.3) is 11.0 Å². The van der Waals surface area contributed by atoms with Crippen molar-refractivity contribution < 1.29 is 9.90 Å². The number of carboxylic acids is 1. The molecule has 0 aliphatic heterocycles. The van der Waals surface area contributed by atoms with Gasteiger partial charge < -0.3 is 9.67 Å². The molecule has 1 aromatic heterocycles. The Morgan fingerprint density at radius 2 is 2.12 bits per heavy atom. The molecule has 1 aromatic carbocycles. The molecule has 16 heavy (non-hydrogen) atoms. The highest BCUT2D eigenvalue weighted by molar-refractivity contribution is 5.91. The zero-order chi connectivity index (χ0) is 11.9. The molecular weight excluding hydrogens is 204 g/mol. The average Bonchev–Trinajstić information content (AvgIpc) is 2.58. The minimum Gasteiger partial charge on any atom is -0.475 e. The van der Waals surface area contributed by atoms with Crippen molar-refractivity contribution in [2.24, 2.45) is 0 Å². The lowest BCUT2D eigenvalue weighted by molar-refractivity contribution is 0.0677. The van der Waals surface area contributed by atoms with Crippen molar-refractivity contribution in [1.82, 2.24) is 9.55 Å². The van der Waals surface area contributed by atoms with Crippen LogP contribution in [0.15, 0.2) is 18.2 Å². The van der Waals surface area contributed by atoms with Gasteiger partial charge in [0.25, 0.3) is 0 Å². The molecule has 0 aliphatic rings. The third-order valence-corrected chi connectivity index (χ3v) is 2.62. The maximum absolute atomic E-state index is 11.1. The quantitative estimate of drug-likeness (QED) is 0.843. The van der Waals surface area contributed by atoms with Crippen molar-refractivity contribution in [2.75, 3.05) is 0 Å². The van der Waals surface area contributed by atoms with Gasteiger partial charge in [0.1, 0.15) is 0 Å². The highest BCUT2D eigenvalue weighted by Crippen LogP contribution is 2.23. The van der Waals surface area contributed by atoms with Crippen LogP contribution in [-0.4, -0.2) is 20.6 Å². The Morgan fingerprint density at radius 1 is 1.44 bits per heavy atom. The molecule has 0 radical (unpaired) electrons. The van der Waals surface area contributed by atoms with Crippen molar-refractivity contribution >= 4 is 17.0 Å². The van der Waals surface area contributed by atoms with Crippen LogP contribution in [0, 0.1) is 6.92 Å². The van der Waals surface area contributed by atoms with Gasteiger partial charge in [-0.15, -0.1) is 0 Å². The second kappa shape index (κ2) is 3.63. The molecule has 0 saturated heterocycles. The van der Waals surface area contributed by atoms with E-state index < -0.39 is 5.97 Å². The lowest BCUT2D eigenvalue weighted by Gasteiger charge is -2.11. The number of imidazole rings is 1. The minimum atomic E-state index is -0.982. The Balaban J connectivity index is 2.88. The summed E-state index contributed by atoms with van der Waals surface area (Å²) in [7, 11) is 0. The SMILES string of the molecule is Cc1cccc2nc(C(=O)O)n(C(C)C)c12. The van der Waals surface area contributed by atoms with Crippen molar-refractivity contribution in [3.05, 3.63) is 29.6 Å². The summed E-state index contributed by atoms with van der Waals surface area (Å²) in [4.78, 5) is 15.3. The first-order valence-electron chi connectivity index (χ1n) is 5.23. The molecule has 4 heteroatoms. The fourth-order valence-corrected chi connectivity index (χ4v) is 1.97. The van der Waals surface area contributed by atoms with Gasteiger partial charge in [0.2, 0.25) is 5.82 Å². The number of aromatic carboxylic acids is 1. The number of rotatable bonds is 2. The fraction of sp³-hybridized carbons (Fsp3) is 0.333. The highest BCUT2D eigenvalue weighted by atomic mass is 16.4. The maximum atomic E-state index is 11.1. The largest absolute Gasteiger partial charge is 0.475 e. The summed E-state index contributed by atoms with van der Waals surface area (Å²) in [5.74, 6) is -0.872. The van der Waals surface area contributed by atoms with E-state index in [2.05, 4.69) is 4.98 Å². The zero-order valence-electron chi connectivity index (χ0n) is 9.56. The highest BCUT2D eigenvalue weighted by Gasteiger charge is 2.19. The molecule has 2 rings (SSSR count). The summed E-state index contributed by atoms with van der Waals surface area (Å²) < 4.78 is 1.77. The number of carbonyl (C=O) groups is 1. The molecule has 0 unspecified atom stereocenters. The second-order valence-electron chi connectivity index (χ2n) is 4.15. The number of nitrogens with zero attached hydrogens (tertiary/aromatic N) is 2. The molecule has 0 aliphatic carbocycles. The van der Waals surface area contributed by atoms with Crippen LogP contribution < -0.4 is 0 Å². The number of aryl methyl sites for hydroxylation is 1. The lowest BCUT2D eigenvalue weighted by Crippen LogP contribution is -2.11. The summed E-state index contributed by atoms with van der Waals surface area (Å²) in [6, 6.07) is 5.78. The molecule has 0 spiro atoms. The van der Waals surface area contributed by atoms with E-state index in [0.29, 0.717) is 0 Å². The first-order valence-corrected chi connectivity index (χ1v) is 5.23. The first kappa shape index (κ1) is 10.7. The smallest absolute Gasteiger partial charge is 0.372 e. The standard InChI is InChI=1S/C12H14N2O2/c1-7(2)14-10-8(3)5-4-6-9(10)13-11(14)12(15)16/h4-7H,1-3H3,(H,15,16). The molecule has 4 nitrogen and oxygen atoms in total. The van der Waals surface area contributed by atoms with Gasteiger partial charge in [0.05, 0.1) is 11.0 Å². The van der Waals surface area contributed by atoms with Crippen LogP contribution >= 0.6 is 0 Å². The number of carboxylic acid groups (broad SMARTS) is 1. The van der Waals surface area contributed by atoms with Crippen LogP contribution in [-0.2, 0) is 0 Å². The van der Waals surface area contributed by atoms with Crippen LogP contribution in [0.1, 0.15) is 36.1 Å². The van der Waals surface area contributed by atoms with E-state index >= 15 is 0 Å². The van der Waals surface area contributed by atoms with E-state index in [1.54, 1.807) is 4.57 Å². The Labute approximate surface area is 93.5 Å². The van der Waals surface area contributed by atoms with Gasteiger partial charge in [0.15, 0.2) is 0 Å². The van der Waals surface area contributed by atoms with Gasteiger partial charge in [-0.1, -0.05) is 12.1 Å². The summed E-state index contributed by atoms with van der Waals surface area (Å²) in [6.45, 7) is 5.88. The Hall–Kier alpha value is -1.84. The number of fused-ring (bicyclic) bond motifs is 1. The number of para-hydroxylation sites is 1. The molecule has 0 bridgehead atoms. The minimum absolute atomic E-state index is 0.0807. The van der Waals surface area contributed by atoms with Crippen LogP contribution in [0.2, 0.25) is 0 Å². The molecule has 2 aromatic rings. The molecule has 0 saturated carbocycles. The second-order valence-corrected chi connectivity index (χ2v) is 4.15. The predicted octanol–water partition coefficient (Wildman–Crippen LogP) is 2.62. The lowest BCUT2D eigenvalue weighted by atomic mass is 10.2. The van der Waals surface area contributed by atoms with Gasteiger partial charge in [-0.05, 0) is 32.4 Å². The van der Waals surface area contributed by atoms with Crippen LogP contribution in [0.5, 0.6) is 0 Å². The molecule has 84 valence electrons. The molecule has 0 atom stereocenters. The van der Waals surface area contributed by atoms with E-state index in [4.69, 9.17) is 5.11 Å². The Kier molecular flexibility index (Phi) is 2.42. The fourth-order valence-electron chi connectivity index (χ4n) is 1.97. The van der Waals surface area contributed by atoms with Crippen molar-refractivity contribution in [3.63, 3.8) is 0 Å². The van der Waals surface area contributed by atoms with Gasteiger partial charge in [0, 0.05) is 6.04 Å². The molecular formula is C12H14N2O2. The molecule has 1 N–H and O–H groups in total. The summed E-state index contributed by atoms with van der Waals surface area (Å²) >= 11 is 0. The van der Waals surface area contributed by atoms with E-state index in [9.17, 15) is 4.79 Å². The Morgan fingerprint density at radius 3 is 2.69 bits per heavy atom. The summed E-state index contributed by atoms with van der Waals surface area (Å²) in [5.41, 5.74) is 2.70. The van der Waals surface area contributed by atoms with Gasteiger partial charge >= 0.3 is 5.97 Å². The van der Waals surface area contributed by atoms with Crippen molar-refractivity contribution in [3.8, 4) is 0 Å². The summed E-state index contributed by atoms with van der Waals surface area (Å²) in [5, 5.41) is 9.12. The van der Waals surface area contributed by atoms with Gasteiger partial charge in [-0.25, -0.2) is 9.78 Å². The maximum Gasteiger partial charge on any atom is 0.372 e. The zero-order valence-corrected chi connectivity index (χ0v) is 9.56. The van der Waals surface area contributed by atoms with Crippen LogP contribution in [0.3, 0.4) is 0 Å². The molecule has 0 amide bonds. The summed E-state index contributed by atoms with van der Waals surface area (Å²) in [6.07, 6.45) is 0. The predicted molar refractivity (Wildman–Crippen MR) is 61.8 cm³/mol. The van der Waals surface area contributed by atoms with E-state index in [1.165, 1.54) is 0 Å². The van der Waals surface area contributed by atoms with E-state index in [-0.39, 0.29) is 11.9 Å². The van der Waals surface area contributed by atoms with E-state index in [1.807, 2.05) is 39.0 Å². The van der Waals surface area contributed by atoms with E-state index in [0.717, 1.165) is 16.6 Å². The third-order valence-electron chi connectivity index (χ3n) is 2.62. The van der Waals surface area contributed by atoms with Gasteiger partial charge in [-0.2, -0.15) is 0 Å². The molecule has 0 fully saturated rings. The number of aromatic nitrogens is 2. The normalized spacial score (nSPS) is 11.2. The van der Waals surface area contributed by atoms with Crippen molar-refractivity contribution in [1.29, 1.82) is 0 Å². The van der Waals surface area contributed by atoms with Crippen LogP contribution in [0.4, 0.5) is 0 Å². The monoisotopic (exact) mass is 218 g/mol. The third kappa shape index (κ3) is 1.46. The average molecular weight is 218 g/mol. The Bertz CT molecular complexity index is 555. The number of hydrogen-bond donors (Lipinski definition) is 1. The molecule has 1 heterocycles. The topological polar surface area (TPSA) is 55.1 Å².